The highest BCUT2D eigenvalue weighted by Gasteiger charge is 2.03. The fraction of sp³-hybridized carbons (Fsp3) is 0.455. The van der Waals surface area contributed by atoms with Crippen LogP contribution in [0.25, 0.3) is 6.08 Å². The van der Waals surface area contributed by atoms with Crippen molar-refractivity contribution in [3.05, 3.63) is 23.1 Å². The number of allylic oxidation sites excluding steroid dienone is 1. The first-order chi connectivity index (χ1) is 7.11. The fourth-order valence-corrected chi connectivity index (χ4v) is 1.74. The average molecular weight is 225 g/mol. The lowest BCUT2D eigenvalue weighted by Crippen LogP contribution is -1.84. The number of hydrogen-bond acceptors (Lipinski definition) is 4. The molecule has 0 radical (unpaired) electrons. The highest BCUT2D eigenvalue weighted by molar-refractivity contribution is 8.13. The third-order valence-corrected chi connectivity index (χ3v) is 2.81. The van der Waals surface area contributed by atoms with Crippen molar-refractivity contribution in [2.45, 2.75) is 27.2 Å². The molecule has 0 aliphatic carbocycles. The van der Waals surface area contributed by atoms with Gasteiger partial charge in [0.05, 0.1) is 5.69 Å². The standard InChI is InChI=1S/C11H15NO2S/c1-8-11(9(2)14-12-8)6-4-5-7-15-10(3)13/h4,6H,5,7H2,1-3H3. The second-order valence-corrected chi connectivity index (χ2v) is 4.54. The summed E-state index contributed by atoms with van der Waals surface area (Å²) < 4.78 is 5.03. The van der Waals surface area contributed by atoms with Crippen LogP contribution in [0.15, 0.2) is 10.6 Å². The van der Waals surface area contributed by atoms with Gasteiger partial charge in [0.1, 0.15) is 5.76 Å². The largest absolute Gasteiger partial charge is 0.361 e. The van der Waals surface area contributed by atoms with E-state index < -0.39 is 0 Å². The summed E-state index contributed by atoms with van der Waals surface area (Å²) in [5, 5.41) is 4.03. The number of aryl methyl sites for hydroxylation is 2. The molecule has 1 aromatic rings. The Bertz CT molecular complexity index is 349. The zero-order valence-electron chi connectivity index (χ0n) is 9.24. The molecule has 0 amide bonds. The molecular weight excluding hydrogens is 210 g/mol. The first-order valence-electron chi connectivity index (χ1n) is 4.84. The van der Waals surface area contributed by atoms with E-state index in [9.17, 15) is 4.79 Å². The third-order valence-electron chi connectivity index (χ3n) is 1.96. The number of aromatic nitrogens is 1. The second kappa shape index (κ2) is 5.75. The summed E-state index contributed by atoms with van der Waals surface area (Å²) in [4.78, 5) is 10.7. The molecule has 0 unspecified atom stereocenters. The van der Waals surface area contributed by atoms with Crippen molar-refractivity contribution in [3.8, 4) is 0 Å². The van der Waals surface area contributed by atoms with Gasteiger partial charge in [0.2, 0.25) is 0 Å². The Morgan fingerprint density at radius 3 is 2.80 bits per heavy atom. The van der Waals surface area contributed by atoms with Gasteiger partial charge in [-0.1, -0.05) is 29.1 Å². The van der Waals surface area contributed by atoms with Crippen molar-refractivity contribution in [1.29, 1.82) is 0 Å². The Morgan fingerprint density at radius 1 is 1.53 bits per heavy atom. The maximum atomic E-state index is 10.7. The monoisotopic (exact) mass is 225 g/mol. The van der Waals surface area contributed by atoms with Crippen LogP contribution in [0.3, 0.4) is 0 Å². The van der Waals surface area contributed by atoms with Crippen LogP contribution in [-0.4, -0.2) is 16.0 Å². The van der Waals surface area contributed by atoms with Gasteiger partial charge in [-0.05, 0) is 20.3 Å². The number of nitrogens with zero attached hydrogens (tertiary/aromatic N) is 1. The van der Waals surface area contributed by atoms with Gasteiger partial charge >= 0.3 is 0 Å². The number of hydrogen-bond donors (Lipinski definition) is 0. The van der Waals surface area contributed by atoms with Crippen molar-refractivity contribution in [1.82, 2.24) is 5.16 Å². The van der Waals surface area contributed by atoms with Crippen LogP contribution in [0.1, 0.15) is 30.4 Å². The summed E-state index contributed by atoms with van der Waals surface area (Å²) in [6, 6.07) is 0. The van der Waals surface area contributed by atoms with Gasteiger partial charge in [0.25, 0.3) is 0 Å². The van der Waals surface area contributed by atoms with E-state index in [1.165, 1.54) is 11.8 Å². The summed E-state index contributed by atoms with van der Waals surface area (Å²) >= 11 is 1.35. The molecular formula is C11H15NO2S. The van der Waals surface area contributed by atoms with Crippen molar-refractivity contribution in [2.75, 3.05) is 5.75 Å². The Morgan fingerprint density at radius 2 is 2.27 bits per heavy atom. The molecule has 0 atom stereocenters. The predicted octanol–water partition coefficient (Wildman–Crippen LogP) is 2.97. The Kier molecular flexibility index (Phi) is 4.62. The molecule has 1 heterocycles. The third kappa shape index (κ3) is 3.91. The molecule has 0 aliphatic rings. The molecule has 0 aromatic carbocycles. The van der Waals surface area contributed by atoms with E-state index in [2.05, 4.69) is 5.16 Å². The van der Waals surface area contributed by atoms with Crippen LogP contribution >= 0.6 is 11.8 Å². The van der Waals surface area contributed by atoms with Gasteiger partial charge in [-0.25, -0.2) is 0 Å². The van der Waals surface area contributed by atoms with Gasteiger partial charge in [-0.2, -0.15) is 0 Å². The molecule has 0 aliphatic heterocycles. The molecule has 82 valence electrons. The summed E-state index contributed by atoms with van der Waals surface area (Å²) in [5.41, 5.74) is 1.95. The zero-order chi connectivity index (χ0) is 11.3. The lowest BCUT2D eigenvalue weighted by atomic mass is 10.2. The minimum Gasteiger partial charge on any atom is -0.361 e. The molecule has 3 nitrogen and oxygen atoms in total. The molecule has 1 aromatic heterocycles. The van der Waals surface area contributed by atoms with Gasteiger partial charge in [-0.3, -0.25) is 4.79 Å². The summed E-state index contributed by atoms with van der Waals surface area (Å²) in [7, 11) is 0. The average Bonchev–Trinajstić information content (AvgIpc) is 2.47. The van der Waals surface area contributed by atoms with E-state index in [1.54, 1.807) is 6.92 Å². The van der Waals surface area contributed by atoms with Gasteiger partial charge in [-0.15, -0.1) is 0 Å². The maximum Gasteiger partial charge on any atom is 0.185 e. The van der Waals surface area contributed by atoms with Gasteiger partial charge in [0, 0.05) is 18.2 Å². The van der Waals surface area contributed by atoms with E-state index in [0.29, 0.717) is 0 Å². The van der Waals surface area contributed by atoms with Crippen LogP contribution in [-0.2, 0) is 4.79 Å². The maximum absolute atomic E-state index is 10.7. The zero-order valence-corrected chi connectivity index (χ0v) is 10.1. The molecule has 1 rings (SSSR count). The van der Waals surface area contributed by atoms with Crippen LogP contribution in [0.2, 0.25) is 0 Å². The van der Waals surface area contributed by atoms with E-state index >= 15 is 0 Å². The highest BCUT2D eigenvalue weighted by atomic mass is 32.2. The van der Waals surface area contributed by atoms with E-state index in [1.807, 2.05) is 26.0 Å². The van der Waals surface area contributed by atoms with Crippen molar-refractivity contribution in [2.24, 2.45) is 0 Å². The van der Waals surface area contributed by atoms with Crippen molar-refractivity contribution in [3.63, 3.8) is 0 Å². The first-order valence-corrected chi connectivity index (χ1v) is 5.82. The van der Waals surface area contributed by atoms with Crippen LogP contribution < -0.4 is 0 Å². The minimum atomic E-state index is 0.167. The number of thioether (sulfide) groups is 1. The quantitative estimate of drug-likeness (QED) is 0.739. The van der Waals surface area contributed by atoms with E-state index in [4.69, 9.17) is 4.52 Å². The number of carbonyl (C=O) groups is 1. The van der Waals surface area contributed by atoms with Gasteiger partial charge in [0.15, 0.2) is 5.12 Å². The Balaban J connectivity index is 2.41. The normalized spacial score (nSPS) is 11.1. The molecule has 4 heteroatoms. The van der Waals surface area contributed by atoms with E-state index in [0.717, 1.165) is 29.2 Å². The molecule has 0 N–H and O–H groups in total. The smallest absolute Gasteiger partial charge is 0.185 e. The summed E-state index contributed by atoms with van der Waals surface area (Å²) in [6.07, 6.45) is 4.93. The van der Waals surface area contributed by atoms with Crippen molar-refractivity contribution < 1.29 is 9.32 Å². The summed E-state index contributed by atoms with van der Waals surface area (Å²) in [5.74, 6) is 1.66. The second-order valence-electron chi connectivity index (χ2n) is 3.27. The van der Waals surface area contributed by atoms with Crippen molar-refractivity contribution >= 4 is 23.0 Å². The van der Waals surface area contributed by atoms with Crippen LogP contribution in [0.5, 0.6) is 0 Å². The molecule has 0 fully saturated rings. The Hall–Kier alpha value is -1.03. The number of rotatable bonds is 4. The minimum absolute atomic E-state index is 0.167. The molecule has 0 saturated heterocycles. The molecule has 15 heavy (non-hydrogen) atoms. The highest BCUT2D eigenvalue weighted by Crippen LogP contribution is 2.14. The molecule has 0 saturated carbocycles. The predicted molar refractivity (Wildman–Crippen MR) is 62.8 cm³/mol. The molecule has 0 bridgehead atoms. The summed E-state index contributed by atoms with van der Waals surface area (Å²) in [6.45, 7) is 5.40. The van der Waals surface area contributed by atoms with E-state index in [-0.39, 0.29) is 5.12 Å². The first kappa shape index (κ1) is 12.0. The topological polar surface area (TPSA) is 43.1 Å². The lowest BCUT2D eigenvalue weighted by molar-refractivity contribution is -0.109. The molecule has 0 spiro atoms. The fourth-order valence-electron chi connectivity index (χ4n) is 1.20. The van der Waals surface area contributed by atoms with Gasteiger partial charge < -0.3 is 4.52 Å². The number of carbonyl (C=O) groups excluding carboxylic acids is 1. The lowest BCUT2D eigenvalue weighted by Gasteiger charge is -1.92. The SMILES string of the molecule is CC(=O)SCCC=Cc1c(C)noc1C. The van der Waals surface area contributed by atoms with Crippen LogP contribution in [0, 0.1) is 13.8 Å². The van der Waals surface area contributed by atoms with Crippen LogP contribution in [0.4, 0.5) is 0 Å². The Labute approximate surface area is 93.9 Å².